The highest BCUT2D eigenvalue weighted by molar-refractivity contribution is 7.98. The highest BCUT2D eigenvalue weighted by Crippen LogP contribution is 2.29. The molecule has 0 fully saturated rings. The number of rotatable bonds is 5. The summed E-state index contributed by atoms with van der Waals surface area (Å²) >= 11 is 1.30. The molecule has 136 valence electrons. The lowest BCUT2D eigenvalue weighted by Gasteiger charge is -2.05. The second-order valence-electron chi connectivity index (χ2n) is 5.62. The zero-order valence-electron chi connectivity index (χ0n) is 14.1. The minimum absolute atomic E-state index is 0.305. The maximum Gasteiger partial charge on any atom is 0.336 e. The molecule has 0 bridgehead atoms. The highest BCUT2D eigenvalue weighted by Gasteiger charge is 2.12. The van der Waals surface area contributed by atoms with Crippen molar-refractivity contribution in [3.8, 4) is 17.2 Å². The number of ether oxygens (including phenoxy) is 1. The third-order valence-electron chi connectivity index (χ3n) is 3.89. The van der Waals surface area contributed by atoms with E-state index < -0.39 is 5.63 Å². The van der Waals surface area contributed by atoms with Crippen LogP contribution in [0.5, 0.6) is 5.75 Å². The third-order valence-corrected chi connectivity index (χ3v) is 4.75. The van der Waals surface area contributed by atoms with Gasteiger partial charge in [0.1, 0.15) is 17.1 Å². The summed E-state index contributed by atoms with van der Waals surface area (Å²) in [4.78, 5) is 11.8. The molecule has 6 nitrogen and oxygen atoms in total. The summed E-state index contributed by atoms with van der Waals surface area (Å²) in [5, 5.41) is 9.12. The summed E-state index contributed by atoms with van der Waals surface area (Å²) in [6.07, 6.45) is 0. The molecule has 0 spiro atoms. The van der Waals surface area contributed by atoms with Crippen molar-refractivity contribution in [1.82, 2.24) is 10.2 Å². The number of aromatic nitrogens is 2. The summed E-state index contributed by atoms with van der Waals surface area (Å²) < 4.78 is 29.0. The van der Waals surface area contributed by atoms with E-state index in [-0.39, 0.29) is 5.82 Å². The molecule has 0 radical (unpaired) electrons. The predicted octanol–water partition coefficient (Wildman–Crippen LogP) is 4.28. The van der Waals surface area contributed by atoms with Crippen molar-refractivity contribution in [2.45, 2.75) is 11.0 Å². The van der Waals surface area contributed by atoms with Gasteiger partial charge in [0, 0.05) is 28.8 Å². The minimum atomic E-state index is -0.441. The van der Waals surface area contributed by atoms with Crippen LogP contribution in [-0.2, 0) is 5.75 Å². The van der Waals surface area contributed by atoms with E-state index in [9.17, 15) is 9.18 Å². The third kappa shape index (κ3) is 3.70. The van der Waals surface area contributed by atoms with Crippen molar-refractivity contribution < 1.29 is 18.0 Å². The number of benzene rings is 2. The second kappa shape index (κ2) is 7.24. The van der Waals surface area contributed by atoms with Gasteiger partial charge in [-0.05, 0) is 42.0 Å². The first-order valence-corrected chi connectivity index (χ1v) is 8.94. The predicted molar refractivity (Wildman–Crippen MR) is 98.3 cm³/mol. The van der Waals surface area contributed by atoms with Crippen molar-refractivity contribution in [2.75, 3.05) is 7.11 Å². The normalized spacial score (nSPS) is 11.0. The van der Waals surface area contributed by atoms with Gasteiger partial charge in [0.15, 0.2) is 0 Å². The molecular formula is C19H13FN2O4S. The standard InChI is InChI=1S/C19H13FN2O4S/c1-24-14-6-7-15-12(8-17(23)25-16(15)9-14)10-27-19-22-21-18(26-19)11-2-4-13(20)5-3-11/h2-9H,10H2,1H3. The fourth-order valence-electron chi connectivity index (χ4n) is 2.57. The van der Waals surface area contributed by atoms with Crippen LogP contribution < -0.4 is 10.4 Å². The first-order chi connectivity index (χ1) is 13.1. The molecule has 0 unspecified atom stereocenters. The molecule has 0 aliphatic rings. The topological polar surface area (TPSA) is 78.4 Å². The maximum absolute atomic E-state index is 13.0. The van der Waals surface area contributed by atoms with Gasteiger partial charge in [-0.15, -0.1) is 10.2 Å². The van der Waals surface area contributed by atoms with Crippen molar-refractivity contribution in [3.63, 3.8) is 0 Å². The summed E-state index contributed by atoms with van der Waals surface area (Å²) in [5.74, 6) is 1.02. The maximum atomic E-state index is 13.0. The fraction of sp³-hybridized carbons (Fsp3) is 0.105. The Kier molecular flexibility index (Phi) is 4.64. The number of hydrogen-bond donors (Lipinski definition) is 0. The Morgan fingerprint density at radius 1 is 1.07 bits per heavy atom. The van der Waals surface area contributed by atoms with Crippen LogP contribution in [-0.4, -0.2) is 17.3 Å². The second-order valence-corrected chi connectivity index (χ2v) is 6.55. The van der Waals surface area contributed by atoms with E-state index in [0.717, 1.165) is 10.9 Å². The van der Waals surface area contributed by atoms with Gasteiger partial charge < -0.3 is 13.6 Å². The molecule has 8 heteroatoms. The van der Waals surface area contributed by atoms with E-state index in [1.807, 2.05) is 6.07 Å². The molecule has 0 N–H and O–H groups in total. The number of hydrogen-bond acceptors (Lipinski definition) is 7. The van der Waals surface area contributed by atoms with E-state index in [4.69, 9.17) is 13.6 Å². The molecule has 27 heavy (non-hydrogen) atoms. The zero-order chi connectivity index (χ0) is 18.8. The van der Waals surface area contributed by atoms with Gasteiger partial charge in [-0.3, -0.25) is 0 Å². The molecule has 0 aliphatic carbocycles. The lowest BCUT2D eigenvalue weighted by atomic mass is 10.1. The first kappa shape index (κ1) is 17.3. The van der Waals surface area contributed by atoms with E-state index >= 15 is 0 Å². The Hall–Kier alpha value is -3.13. The van der Waals surface area contributed by atoms with Crippen molar-refractivity contribution in [3.05, 3.63) is 70.3 Å². The zero-order valence-corrected chi connectivity index (χ0v) is 15.0. The molecule has 0 amide bonds. The van der Waals surface area contributed by atoms with Crippen LogP contribution in [0.25, 0.3) is 22.4 Å². The van der Waals surface area contributed by atoms with Crippen LogP contribution in [0.15, 0.2) is 67.4 Å². The smallest absolute Gasteiger partial charge is 0.336 e. The van der Waals surface area contributed by atoms with Crippen LogP contribution >= 0.6 is 11.8 Å². The molecule has 0 atom stereocenters. The molecule has 4 aromatic rings. The van der Waals surface area contributed by atoms with Gasteiger partial charge in [-0.25, -0.2) is 9.18 Å². The summed E-state index contributed by atoms with van der Waals surface area (Å²) in [6, 6.07) is 12.6. The minimum Gasteiger partial charge on any atom is -0.497 e. The number of halogens is 1. The lowest BCUT2D eigenvalue weighted by Crippen LogP contribution is -2.00. The Bertz CT molecular complexity index is 1150. The first-order valence-electron chi connectivity index (χ1n) is 7.95. The Morgan fingerprint density at radius 3 is 2.67 bits per heavy atom. The number of fused-ring (bicyclic) bond motifs is 1. The largest absolute Gasteiger partial charge is 0.497 e. The highest BCUT2D eigenvalue weighted by atomic mass is 32.2. The molecule has 2 aromatic carbocycles. The Balaban J connectivity index is 1.57. The van der Waals surface area contributed by atoms with Crippen molar-refractivity contribution >= 4 is 22.7 Å². The van der Waals surface area contributed by atoms with E-state index in [1.54, 1.807) is 31.4 Å². The van der Waals surface area contributed by atoms with Gasteiger partial charge in [0.05, 0.1) is 7.11 Å². The summed E-state index contributed by atoms with van der Waals surface area (Å²) in [5.41, 5.74) is 1.43. The molecule has 4 rings (SSSR count). The van der Waals surface area contributed by atoms with Crippen molar-refractivity contribution in [1.29, 1.82) is 0 Å². The van der Waals surface area contributed by atoms with Crippen molar-refractivity contribution in [2.24, 2.45) is 0 Å². The monoisotopic (exact) mass is 384 g/mol. The van der Waals surface area contributed by atoms with E-state index in [2.05, 4.69) is 10.2 Å². The van der Waals surface area contributed by atoms with Crippen LogP contribution in [0.3, 0.4) is 0 Å². The van der Waals surface area contributed by atoms with Crippen LogP contribution in [0, 0.1) is 5.82 Å². The summed E-state index contributed by atoms with van der Waals surface area (Å²) in [7, 11) is 1.55. The lowest BCUT2D eigenvalue weighted by molar-refractivity contribution is 0.414. The molecule has 0 aliphatic heterocycles. The van der Waals surface area contributed by atoms with Gasteiger partial charge in [0.2, 0.25) is 5.89 Å². The number of methoxy groups -OCH3 is 1. The Morgan fingerprint density at radius 2 is 1.89 bits per heavy atom. The SMILES string of the molecule is COc1ccc2c(CSc3nnc(-c4ccc(F)cc4)o3)cc(=O)oc2c1. The average Bonchev–Trinajstić information content (AvgIpc) is 3.15. The average molecular weight is 384 g/mol. The van der Waals surface area contributed by atoms with Gasteiger partial charge in [-0.2, -0.15) is 0 Å². The van der Waals surface area contributed by atoms with E-state index in [0.29, 0.717) is 33.8 Å². The Labute approximate surface area is 157 Å². The van der Waals surface area contributed by atoms with Gasteiger partial charge >= 0.3 is 5.63 Å². The molecule has 0 saturated carbocycles. The summed E-state index contributed by atoms with van der Waals surface area (Å²) in [6.45, 7) is 0. The molecular weight excluding hydrogens is 371 g/mol. The molecule has 2 aromatic heterocycles. The van der Waals surface area contributed by atoms with Crippen LogP contribution in [0.4, 0.5) is 4.39 Å². The number of thioether (sulfide) groups is 1. The van der Waals surface area contributed by atoms with Crippen LogP contribution in [0.2, 0.25) is 0 Å². The van der Waals surface area contributed by atoms with E-state index in [1.165, 1.54) is 30.0 Å². The van der Waals surface area contributed by atoms with Gasteiger partial charge in [-0.1, -0.05) is 11.8 Å². The molecule has 0 saturated heterocycles. The van der Waals surface area contributed by atoms with Crippen LogP contribution in [0.1, 0.15) is 5.56 Å². The fourth-order valence-corrected chi connectivity index (χ4v) is 3.33. The quantitative estimate of drug-likeness (QED) is 0.375. The molecule has 2 heterocycles. The number of nitrogens with zero attached hydrogens (tertiary/aromatic N) is 2. The van der Waals surface area contributed by atoms with Gasteiger partial charge in [0.25, 0.3) is 5.22 Å².